The molecule has 0 spiro atoms. The molecule has 4 nitrogen and oxygen atoms in total. The number of nitrogens with zero attached hydrogens (tertiary/aromatic N) is 1. The summed E-state index contributed by atoms with van der Waals surface area (Å²) in [5.74, 6) is -2.44. The van der Waals surface area contributed by atoms with Crippen molar-refractivity contribution in [2.24, 2.45) is 0 Å². The maximum Gasteiger partial charge on any atom is 0.416 e. The van der Waals surface area contributed by atoms with E-state index >= 15 is 0 Å². The highest BCUT2D eigenvalue weighted by molar-refractivity contribution is 6.02. The summed E-state index contributed by atoms with van der Waals surface area (Å²) in [5, 5.41) is 2.24. The number of halogens is 5. The maximum atomic E-state index is 13.6. The Balaban J connectivity index is 1.70. The Morgan fingerprint density at radius 2 is 1.75 bits per heavy atom. The largest absolute Gasteiger partial charge is 0.456 e. The minimum absolute atomic E-state index is 0.0535. The molecule has 3 rings (SSSR count). The number of hydrogen-bond donors (Lipinski definition) is 1. The molecule has 0 atom stereocenters. The topological polar surface area (TPSA) is 51.2 Å². The summed E-state index contributed by atoms with van der Waals surface area (Å²) in [6, 6.07) is 9.52. The van der Waals surface area contributed by atoms with Crippen LogP contribution in [0.25, 0.3) is 0 Å². The van der Waals surface area contributed by atoms with E-state index < -0.39 is 29.3 Å². The number of aromatic nitrogens is 1. The Hall–Kier alpha value is -3.49. The molecule has 1 aromatic heterocycles. The Labute approximate surface area is 155 Å². The predicted octanol–water partition coefficient (Wildman–Crippen LogP) is 5.42. The molecule has 144 valence electrons. The number of anilines is 1. The number of nitrogens with one attached hydrogen (secondary N) is 1. The zero-order valence-corrected chi connectivity index (χ0v) is 13.9. The van der Waals surface area contributed by atoms with Crippen LogP contribution in [0.15, 0.2) is 60.8 Å². The third kappa shape index (κ3) is 4.61. The average Bonchev–Trinajstić information content (AvgIpc) is 2.64. The summed E-state index contributed by atoms with van der Waals surface area (Å²) in [6.07, 6.45) is -3.37. The van der Waals surface area contributed by atoms with Crippen LogP contribution in [0.3, 0.4) is 0 Å². The second kappa shape index (κ2) is 7.63. The lowest BCUT2D eigenvalue weighted by molar-refractivity contribution is -0.137. The fraction of sp³-hybridized carbons (Fsp3) is 0.0526. The van der Waals surface area contributed by atoms with Crippen LogP contribution in [-0.2, 0) is 6.18 Å². The number of carbonyl (C=O) groups excluding carboxylic acids is 1. The van der Waals surface area contributed by atoms with Gasteiger partial charge in [0.25, 0.3) is 5.91 Å². The second-order valence-corrected chi connectivity index (χ2v) is 5.59. The van der Waals surface area contributed by atoms with E-state index in [2.05, 4.69) is 10.3 Å². The normalized spacial score (nSPS) is 11.2. The smallest absolute Gasteiger partial charge is 0.416 e. The van der Waals surface area contributed by atoms with Gasteiger partial charge in [-0.2, -0.15) is 13.2 Å². The molecule has 0 saturated heterocycles. The van der Waals surface area contributed by atoms with Gasteiger partial charge in [0.15, 0.2) is 0 Å². The van der Waals surface area contributed by atoms with Crippen molar-refractivity contribution >= 4 is 11.6 Å². The zero-order chi connectivity index (χ0) is 20.3. The molecule has 28 heavy (non-hydrogen) atoms. The Morgan fingerprint density at radius 3 is 2.39 bits per heavy atom. The van der Waals surface area contributed by atoms with Gasteiger partial charge in [0, 0.05) is 6.07 Å². The third-order valence-electron chi connectivity index (χ3n) is 3.55. The van der Waals surface area contributed by atoms with E-state index in [-0.39, 0.29) is 22.9 Å². The van der Waals surface area contributed by atoms with Crippen molar-refractivity contribution in [1.82, 2.24) is 4.98 Å². The van der Waals surface area contributed by atoms with Gasteiger partial charge in [0.2, 0.25) is 0 Å². The molecular weight excluding hydrogens is 383 g/mol. The fourth-order valence-corrected chi connectivity index (χ4v) is 2.22. The van der Waals surface area contributed by atoms with Gasteiger partial charge >= 0.3 is 6.18 Å². The van der Waals surface area contributed by atoms with E-state index in [1.54, 1.807) is 0 Å². The first-order valence-corrected chi connectivity index (χ1v) is 7.80. The van der Waals surface area contributed by atoms with Gasteiger partial charge in [-0.25, -0.2) is 13.8 Å². The first-order valence-electron chi connectivity index (χ1n) is 7.80. The summed E-state index contributed by atoms with van der Waals surface area (Å²) in [5.41, 5.74) is -1.19. The van der Waals surface area contributed by atoms with E-state index in [0.29, 0.717) is 6.07 Å². The van der Waals surface area contributed by atoms with Crippen molar-refractivity contribution in [2.75, 3.05) is 5.32 Å². The Morgan fingerprint density at radius 1 is 0.964 bits per heavy atom. The first-order chi connectivity index (χ1) is 13.2. The number of rotatable bonds is 4. The van der Waals surface area contributed by atoms with Crippen molar-refractivity contribution in [2.45, 2.75) is 6.18 Å². The van der Waals surface area contributed by atoms with Gasteiger partial charge < -0.3 is 10.1 Å². The summed E-state index contributed by atoms with van der Waals surface area (Å²) >= 11 is 0. The Bertz CT molecular complexity index is 1000. The molecular formula is C19H11F5N2O2. The molecule has 1 heterocycles. The molecule has 0 aliphatic rings. The van der Waals surface area contributed by atoms with Crippen LogP contribution in [0.1, 0.15) is 16.1 Å². The van der Waals surface area contributed by atoms with Crippen molar-refractivity contribution in [1.29, 1.82) is 0 Å². The second-order valence-electron chi connectivity index (χ2n) is 5.59. The molecule has 2 aromatic carbocycles. The molecule has 0 unspecified atom stereocenters. The molecule has 3 aromatic rings. The number of carbonyl (C=O) groups is 1. The van der Waals surface area contributed by atoms with Gasteiger partial charge in [0.05, 0.1) is 17.4 Å². The number of amides is 1. The molecule has 0 aliphatic heterocycles. The van der Waals surface area contributed by atoms with E-state index in [1.165, 1.54) is 24.3 Å². The quantitative estimate of drug-likeness (QED) is 0.601. The minimum atomic E-state index is -4.50. The van der Waals surface area contributed by atoms with Crippen LogP contribution in [0.2, 0.25) is 0 Å². The van der Waals surface area contributed by atoms with Gasteiger partial charge in [-0.3, -0.25) is 4.79 Å². The molecule has 0 saturated carbocycles. The highest BCUT2D eigenvalue weighted by Crippen LogP contribution is 2.32. The average molecular weight is 394 g/mol. The van der Waals surface area contributed by atoms with E-state index in [4.69, 9.17) is 4.74 Å². The molecule has 1 N–H and O–H groups in total. The van der Waals surface area contributed by atoms with Gasteiger partial charge in [-0.15, -0.1) is 0 Å². The summed E-state index contributed by atoms with van der Waals surface area (Å²) in [6.45, 7) is 0. The lowest BCUT2D eigenvalue weighted by Crippen LogP contribution is -2.14. The molecule has 0 aliphatic carbocycles. The van der Waals surface area contributed by atoms with Crippen molar-refractivity contribution in [3.63, 3.8) is 0 Å². The maximum absolute atomic E-state index is 13.6. The van der Waals surface area contributed by atoms with Gasteiger partial charge in [-0.05, 0) is 42.5 Å². The monoisotopic (exact) mass is 394 g/mol. The van der Waals surface area contributed by atoms with Crippen LogP contribution in [-0.4, -0.2) is 10.9 Å². The SMILES string of the molecule is O=C(Nc1ccc(F)cc1F)c1ccc(Oc2cccc(C(F)(F)F)c2)cn1. The number of benzene rings is 2. The summed E-state index contributed by atoms with van der Waals surface area (Å²) in [4.78, 5) is 15.9. The first kappa shape index (κ1) is 19.3. The van der Waals surface area contributed by atoms with Crippen LogP contribution < -0.4 is 10.1 Å². The summed E-state index contributed by atoms with van der Waals surface area (Å²) in [7, 11) is 0. The highest BCUT2D eigenvalue weighted by atomic mass is 19.4. The predicted molar refractivity (Wildman–Crippen MR) is 90.1 cm³/mol. The molecule has 1 amide bonds. The van der Waals surface area contributed by atoms with Crippen molar-refractivity contribution in [3.05, 3.63) is 83.7 Å². The van der Waals surface area contributed by atoms with Crippen LogP contribution in [0, 0.1) is 11.6 Å². The number of pyridine rings is 1. The van der Waals surface area contributed by atoms with Gasteiger partial charge in [-0.1, -0.05) is 6.07 Å². The lowest BCUT2D eigenvalue weighted by Gasteiger charge is -2.10. The van der Waals surface area contributed by atoms with E-state index in [9.17, 15) is 26.7 Å². The van der Waals surface area contributed by atoms with Crippen LogP contribution >= 0.6 is 0 Å². The van der Waals surface area contributed by atoms with Crippen molar-refractivity contribution in [3.8, 4) is 11.5 Å². The molecule has 0 fully saturated rings. The van der Waals surface area contributed by atoms with Crippen LogP contribution in [0.5, 0.6) is 11.5 Å². The lowest BCUT2D eigenvalue weighted by atomic mass is 10.2. The Kier molecular flexibility index (Phi) is 5.25. The van der Waals surface area contributed by atoms with Crippen LogP contribution in [0.4, 0.5) is 27.6 Å². The number of hydrogen-bond acceptors (Lipinski definition) is 3. The molecule has 9 heteroatoms. The molecule has 0 radical (unpaired) electrons. The van der Waals surface area contributed by atoms with Crippen molar-refractivity contribution < 1.29 is 31.5 Å². The highest BCUT2D eigenvalue weighted by Gasteiger charge is 2.30. The number of alkyl halides is 3. The summed E-state index contributed by atoms with van der Waals surface area (Å²) < 4.78 is 69.9. The van der Waals surface area contributed by atoms with E-state index in [0.717, 1.165) is 30.5 Å². The third-order valence-corrected chi connectivity index (χ3v) is 3.55. The number of ether oxygens (including phenoxy) is 1. The standard InChI is InChI=1S/C19H11F5N2O2/c20-12-4-6-16(15(21)9-12)26-18(27)17-7-5-14(10-25-17)28-13-3-1-2-11(8-13)19(22,23)24/h1-10H,(H,26,27). The zero-order valence-electron chi connectivity index (χ0n) is 13.9. The minimum Gasteiger partial charge on any atom is -0.456 e. The van der Waals surface area contributed by atoms with E-state index in [1.807, 2.05) is 0 Å². The molecule has 0 bridgehead atoms. The van der Waals surface area contributed by atoms with Gasteiger partial charge in [0.1, 0.15) is 28.8 Å². The fourth-order valence-electron chi connectivity index (χ4n) is 2.22.